The lowest BCUT2D eigenvalue weighted by Crippen LogP contribution is -2.38. The first kappa shape index (κ1) is 17.3. The Morgan fingerprint density at radius 1 is 1.27 bits per heavy atom. The highest BCUT2D eigenvalue weighted by Crippen LogP contribution is 2.45. The Morgan fingerprint density at radius 3 is 2.65 bits per heavy atom. The van der Waals surface area contributed by atoms with Crippen LogP contribution < -0.4 is 16.1 Å². The molecule has 0 spiro atoms. The quantitative estimate of drug-likeness (QED) is 0.853. The van der Waals surface area contributed by atoms with Gasteiger partial charge in [0.25, 0.3) is 5.56 Å². The van der Waals surface area contributed by atoms with Gasteiger partial charge in [0.05, 0.1) is 18.1 Å². The van der Waals surface area contributed by atoms with Crippen molar-refractivity contribution in [2.45, 2.75) is 52.1 Å². The minimum Gasteiger partial charge on any atom is -0.378 e. The number of nitrogens with zero attached hydrogens (tertiary/aromatic N) is 2. The van der Waals surface area contributed by atoms with Gasteiger partial charge in [-0.3, -0.25) is 14.8 Å². The van der Waals surface area contributed by atoms with Crippen molar-refractivity contribution in [2.24, 2.45) is 5.41 Å². The molecule has 1 aliphatic carbocycles. The molecule has 7 heteroatoms. The third-order valence-electron chi connectivity index (χ3n) is 5.68. The number of piperidine rings is 1. The van der Waals surface area contributed by atoms with Crippen molar-refractivity contribution in [1.29, 1.82) is 0 Å². The highest BCUT2D eigenvalue weighted by molar-refractivity contribution is 5.77. The summed E-state index contributed by atoms with van der Waals surface area (Å²) in [6.45, 7) is 6.96. The predicted molar refractivity (Wildman–Crippen MR) is 101 cm³/mol. The minimum atomic E-state index is -0.522. The number of aromatic amines is 2. The lowest BCUT2D eigenvalue weighted by Gasteiger charge is -2.34. The van der Waals surface area contributed by atoms with E-state index in [4.69, 9.17) is 4.74 Å². The number of nitrogens with one attached hydrogen (secondary N) is 2. The van der Waals surface area contributed by atoms with E-state index >= 15 is 0 Å². The summed E-state index contributed by atoms with van der Waals surface area (Å²) in [5, 5.41) is 0.432. The summed E-state index contributed by atoms with van der Waals surface area (Å²) in [4.78, 5) is 35.3. The van der Waals surface area contributed by atoms with Gasteiger partial charge in [-0.2, -0.15) is 0 Å². The van der Waals surface area contributed by atoms with Gasteiger partial charge in [-0.15, -0.1) is 0 Å². The van der Waals surface area contributed by atoms with E-state index in [1.807, 2.05) is 6.07 Å². The van der Waals surface area contributed by atoms with Gasteiger partial charge in [0.1, 0.15) is 11.5 Å². The number of aromatic nitrogens is 3. The van der Waals surface area contributed by atoms with Crippen LogP contribution in [0.2, 0.25) is 0 Å². The summed E-state index contributed by atoms with van der Waals surface area (Å²) >= 11 is 0. The van der Waals surface area contributed by atoms with Gasteiger partial charge in [0, 0.05) is 13.1 Å². The van der Waals surface area contributed by atoms with E-state index in [0.29, 0.717) is 22.6 Å². The number of H-pyrrole nitrogens is 2. The van der Waals surface area contributed by atoms with Crippen LogP contribution in [0.1, 0.15) is 45.1 Å². The fraction of sp³-hybridized carbons (Fsp3) is 0.632. The maximum atomic E-state index is 12.0. The zero-order valence-corrected chi connectivity index (χ0v) is 15.4. The second-order valence-corrected chi connectivity index (χ2v) is 7.94. The Morgan fingerprint density at radius 2 is 2.00 bits per heavy atom. The lowest BCUT2D eigenvalue weighted by molar-refractivity contribution is 0.0127. The number of ether oxygens (including phenoxy) is 1. The van der Waals surface area contributed by atoms with Crippen molar-refractivity contribution in [3.8, 4) is 0 Å². The average molecular weight is 358 g/mol. The van der Waals surface area contributed by atoms with E-state index < -0.39 is 11.2 Å². The van der Waals surface area contributed by atoms with Crippen LogP contribution in [0.5, 0.6) is 0 Å². The van der Waals surface area contributed by atoms with E-state index in [-0.39, 0.29) is 0 Å². The molecular weight excluding hydrogens is 332 g/mol. The van der Waals surface area contributed by atoms with E-state index in [2.05, 4.69) is 33.7 Å². The molecule has 1 saturated heterocycles. The topological polar surface area (TPSA) is 91.1 Å². The first-order chi connectivity index (χ1) is 12.5. The van der Waals surface area contributed by atoms with E-state index in [9.17, 15) is 9.59 Å². The molecule has 2 aromatic heterocycles. The Hall–Kier alpha value is -2.15. The van der Waals surface area contributed by atoms with Gasteiger partial charge in [-0.05, 0) is 49.1 Å². The van der Waals surface area contributed by atoms with Gasteiger partial charge in [-0.25, -0.2) is 9.78 Å². The third-order valence-corrected chi connectivity index (χ3v) is 5.68. The van der Waals surface area contributed by atoms with Gasteiger partial charge >= 0.3 is 5.69 Å². The Labute approximate surface area is 151 Å². The number of fused-ring (bicyclic) bond motifs is 1. The number of anilines is 1. The second-order valence-electron chi connectivity index (χ2n) is 7.94. The number of rotatable bonds is 5. The molecule has 2 N–H and O–H groups in total. The van der Waals surface area contributed by atoms with E-state index in [0.717, 1.165) is 50.3 Å². The van der Waals surface area contributed by atoms with Crippen molar-refractivity contribution >= 4 is 16.9 Å². The van der Waals surface area contributed by atoms with Gasteiger partial charge in [0.15, 0.2) is 0 Å². The Kier molecular flexibility index (Phi) is 4.34. The number of hydrogen-bond acceptors (Lipinski definition) is 5. The smallest absolute Gasteiger partial charge is 0.327 e. The van der Waals surface area contributed by atoms with Crippen molar-refractivity contribution in [2.75, 3.05) is 24.6 Å². The zero-order chi connectivity index (χ0) is 18.3. The fourth-order valence-corrected chi connectivity index (χ4v) is 3.57. The fourth-order valence-electron chi connectivity index (χ4n) is 3.57. The van der Waals surface area contributed by atoms with Crippen molar-refractivity contribution in [3.63, 3.8) is 0 Å². The molecule has 4 rings (SSSR count). The molecule has 2 aliphatic rings. The van der Waals surface area contributed by atoms with Crippen molar-refractivity contribution < 1.29 is 4.74 Å². The molecule has 0 bridgehead atoms. The Bertz CT molecular complexity index is 921. The van der Waals surface area contributed by atoms with Crippen LogP contribution in [-0.2, 0) is 11.2 Å². The SMILES string of the molecule is CCc1cc2c(=O)[nH]c(=O)[nH]c2nc1N1CCC(OCC2(C)CC2)CC1. The molecule has 2 aromatic rings. The minimum absolute atomic E-state index is 0.317. The molecule has 3 heterocycles. The van der Waals surface area contributed by atoms with Crippen LogP contribution in [0, 0.1) is 5.41 Å². The van der Waals surface area contributed by atoms with Crippen LogP contribution in [0.15, 0.2) is 15.7 Å². The van der Waals surface area contributed by atoms with Crippen LogP contribution in [-0.4, -0.2) is 40.8 Å². The maximum Gasteiger partial charge on any atom is 0.327 e. The first-order valence-electron chi connectivity index (χ1n) is 9.50. The molecule has 140 valence electrons. The maximum absolute atomic E-state index is 12.0. The van der Waals surface area contributed by atoms with Crippen molar-refractivity contribution in [1.82, 2.24) is 15.0 Å². The van der Waals surface area contributed by atoms with Crippen molar-refractivity contribution in [3.05, 3.63) is 32.5 Å². The lowest BCUT2D eigenvalue weighted by atomic mass is 10.1. The molecular formula is C19H26N4O3. The normalized spacial score (nSPS) is 19.8. The summed E-state index contributed by atoms with van der Waals surface area (Å²) in [6.07, 6.45) is 5.62. The highest BCUT2D eigenvalue weighted by Gasteiger charge is 2.38. The van der Waals surface area contributed by atoms with E-state index in [1.165, 1.54) is 12.8 Å². The van der Waals surface area contributed by atoms with Crippen LogP contribution in [0.25, 0.3) is 11.0 Å². The molecule has 1 saturated carbocycles. The molecule has 0 aromatic carbocycles. The summed E-state index contributed by atoms with van der Waals surface area (Å²) in [7, 11) is 0. The summed E-state index contributed by atoms with van der Waals surface area (Å²) < 4.78 is 6.11. The number of hydrogen-bond donors (Lipinski definition) is 2. The molecule has 0 amide bonds. The number of pyridine rings is 1. The monoisotopic (exact) mass is 358 g/mol. The number of aryl methyl sites for hydroxylation is 1. The second kappa shape index (κ2) is 6.54. The van der Waals surface area contributed by atoms with Crippen LogP contribution >= 0.6 is 0 Å². The van der Waals surface area contributed by atoms with Gasteiger partial charge in [-0.1, -0.05) is 13.8 Å². The summed E-state index contributed by atoms with van der Waals surface area (Å²) in [6, 6.07) is 1.85. The molecule has 0 unspecified atom stereocenters. The highest BCUT2D eigenvalue weighted by atomic mass is 16.5. The third kappa shape index (κ3) is 3.40. The van der Waals surface area contributed by atoms with Gasteiger partial charge < -0.3 is 9.64 Å². The molecule has 0 radical (unpaired) electrons. The Balaban J connectivity index is 1.53. The average Bonchev–Trinajstić information content (AvgIpc) is 3.37. The first-order valence-corrected chi connectivity index (χ1v) is 9.50. The molecule has 7 nitrogen and oxygen atoms in total. The van der Waals surface area contributed by atoms with Crippen LogP contribution in [0.4, 0.5) is 5.82 Å². The molecule has 0 atom stereocenters. The van der Waals surface area contributed by atoms with E-state index in [1.54, 1.807) is 0 Å². The molecule has 1 aliphatic heterocycles. The van der Waals surface area contributed by atoms with Crippen LogP contribution in [0.3, 0.4) is 0 Å². The zero-order valence-electron chi connectivity index (χ0n) is 15.4. The largest absolute Gasteiger partial charge is 0.378 e. The van der Waals surface area contributed by atoms with Gasteiger partial charge in [0.2, 0.25) is 0 Å². The summed E-state index contributed by atoms with van der Waals surface area (Å²) in [5.41, 5.74) is 0.890. The standard InChI is InChI=1S/C19H26N4O3/c1-3-12-10-14-15(21-18(25)22-17(14)24)20-16(12)23-8-4-13(5-9-23)26-11-19(2)6-7-19/h10,13H,3-9,11H2,1-2H3,(H2,20,21,22,24,25). The summed E-state index contributed by atoms with van der Waals surface area (Å²) in [5.74, 6) is 0.869. The predicted octanol–water partition coefficient (Wildman–Crippen LogP) is 1.96. The molecule has 2 fully saturated rings. The molecule has 26 heavy (non-hydrogen) atoms.